The number of hydrogen-bond donors (Lipinski definition) is 1. The summed E-state index contributed by atoms with van der Waals surface area (Å²) in [5, 5.41) is 0. The highest BCUT2D eigenvalue weighted by Gasteiger charge is 1.98. The number of nitrogens with two attached hydrogens (primary N) is 1. The van der Waals surface area contributed by atoms with Gasteiger partial charge in [0.1, 0.15) is 0 Å². The average Bonchev–Trinajstić information content (AvgIpc) is 2.39. The summed E-state index contributed by atoms with van der Waals surface area (Å²) in [6.45, 7) is 0.697. The molecule has 88 valence electrons. The van der Waals surface area contributed by atoms with Crippen LogP contribution in [0.15, 0.2) is 48.7 Å². The van der Waals surface area contributed by atoms with E-state index in [4.69, 9.17) is 5.73 Å². The van der Waals surface area contributed by atoms with E-state index in [-0.39, 0.29) is 0 Å². The highest BCUT2D eigenvalue weighted by molar-refractivity contribution is 5.20. The molecule has 2 rings (SSSR count). The van der Waals surface area contributed by atoms with Crippen LogP contribution in [0.3, 0.4) is 0 Å². The summed E-state index contributed by atoms with van der Waals surface area (Å²) in [5.74, 6) is 0. The van der Waals surface area contributed by atoms with Crippen molar-refractivity contribution in [1.82, 2.24) is 4.98 Å². The van der Waals surface area contributed by atoms with Crippen molar-refractivity contribution in [3.05, 3.63) is 65.5 Å². The molecular formula is C15H18N2. The summed E-state index contributed by atoms with van der Waals surface area (Å²) in [4.78, 5) is 4.40. The SMILES string of the molecule is NCCc1ccnc(CCc2ccccc2)c1. The van der Waals surface area contributed by atoms with Gasteiger partial charge in [0.15, 0.2) is 0 Å². The molecule has 1 aromatic carbocycles. The first-order valence-electron chi connectivity index (χ1n) is 6.06. The Kier molecular flexibility index (Phi) is 4.28. The van der Waals surface area contributed by atoms with Crippen LogP contribution in [0.2, 0.25) is 0 Å². The van der Waals surface area contributed by atoms with Crippen molar-refractivity contribution in [2.45, 2.75) is 19.3 Å². The number of aryl methyl sites for hydroxylation is 2. The summed E-state index contributed by atoms with van der Waals surface area (Å²) in [6.07, 6.45) is 4.84. The Labute approximate surface area is 103 Å². The van der Waals surface area contributed by atoms with Crippen molar-refractivity contribution >= 4 is 0 Å². The summed E-state index contributed by atoms with van der Waals surface area (Å²) < 4.78 is 0. The fraction of sp³-hybridized carbons (Fsp3) is 0.267. The molecule has 2 heteroatoms. The maximum absolute atomic E-state index is 5.56. The van der Waals surface area contributed by atoms with Gasteiger partial charge in [0.25, 0.3) is 0 Å². The molecule has 0 aliphatic rings. The maximum Gasteiger partial charge on any atom is 0.0409 e. The Hall–Kier alpha value is -1.67. The lowest BCUT2D eigenvalue weighted by molar-refractivity contribution is 0.895. The van der Waals surface area contributed by atoms with Crippen LogP contribution in [-0.2, 0) is 19.3 Å². The third-order valence-corrected chi connectivity index (χ3v) is 2.83. The normalized spacial score (nSPS) is 10.4. The summed E-state index contributed by atoms with van der Waals surface area (Å²) >= 11 is 0. The number of rotatable bonds is 5. The Balaban J connectivity index is 1.97. The van der Waals surface area contributed by atoms with E-state index in [0.29, 0.717) is 6.54 Å². The molecule has 1 aromatic heterocycles. The van der Waals surface area contributed by atoms with E-state index in [1.54, 1.807) is 0 Å². The van der Waals surface area contributed by atoms with Crippen LogP contribution in [-0.4, -0.2) is 11.5 Å². The van der Waals surface area contributed by atoms with Crippen LogP contribution in [0.5, 0.6) is 0 Å². The van der Waals surface area contributed by atoms with E-state index < -0.39 is 0 Å². The van der Waals surface area contributed by atoms with Gasteiger partial charge in [-0.05, 0) is 49.1 Å². The lowest BCUT2D eigenvalue weighted by Crippen LogP contribution is -2.04. The first-order valence-corrected chi connectivity index (χ1v) is 6.06. The van der Waals surface area contributed by atoms with Crippen molar-refractivity contribution in [1.29, 1.82) is 0 Å². The van der Waals surface area contributed by atoms with Crippen molar-refractivity contribution in [2.75, 3.05) is 6.54 Å². The Morgan fingerprint density at radius 1 is 0.882 bits per heavy atom. The van der Waals surface area contributed by atoms with Gasteiger partial charge in [0.2, 0.25) is 0 Å². The minimum Gasteiger partial charge on any atom is -0.330 e. The van der Waals surface area contributed by atoms with E-state index in [9.17, 15) is 0 Å². The molecule has 0 saturated heterocycles. The second kappa shape index (κ2) is 6.16. The van der Waals surface area contributed by atoms with Gasteiger partial charge < -0.3 is 5.73 Å². The zero-order valence-electron chi connectivity index (χ0n) is 9.97. The van der Waals surface area contributed by atoms with Gasteiger partial charge in [0, 0.05) is 11.9 Å². The molecule has 2 aromatic rings. The molecule has 0 spiro atoms. The third kappa shape index (κ3) is 3.68. The molecule has 2 nitrogen and oxygen atoms in total. The van der Waals surface area contributed by atoms with E-state index in [0.717, 1.165) is 25.0 Å². The van der Waals surface area contributed by atoms with Crippen molar-refractivity contribution < 1.29 is 0 Å². The van der Waals surface area contributed by atoms with Gasteiger partial charge >= 0.3 is 0 Å². The quantitative estimate of drug-likeness (QED) is 0.850. The highest BCUT2D eigenvalue weighted by atomic mass is 14.7. The van der Waals surface area contributed by atoms with Crippen molar-refractivity contribution in [3.63, 3.8) is 0 Å². The minimum absolute atomic E-state index is 0.697. The molecule has 0 aliphatic heterocycles. The number of nitrogens with zero attached hydrogens (tertiary/aromatic N) is 1. The molecule has 0 amide bonds. The molecule has 0 aliphatic carbocycles. The minimum atomic E-state index is 0.697. The van der Waals surface area contributed by atoms with E-state index in [1.807, 2.05) is 18.3 Å². The standard InChI is InChI=1S/C15H18N2/c16-10-8-14-9-11-17-15(12-14)7-6-13-4-2-1-3-5-13/h1-5,9,11-12H,6-8,10,16H2. The average molecular weight is 226 g/mol. The lowest BCUT2D eigenvalue weighted by Gasteiger charge is -2.04. The second-order valence-corrected chi connectivity index (χ2v) is 4.18. The molecule has 1 heterocycles. The van der Waals surface area contributed by atoms with Crippen LogP contribution in [0.1, 0.15) is 16.8 Å². The topological polar surface area (TPSA) is 38.9 Å². The maximum atomic E-state index is 5.56. The van der Waals surface area contributed by atoms with Crippen molar-refractivity contribution in [3.8, 4) is 0 Å². The van der Waals surface area contributed by atoms with Crippen LogP contribution in [0, 0.1) is 0 Å². The summed E-state index contributed by atoms with van der Waals surface area (Å²) in [6, 6.07) is 14.7. The first kappa shape index (κ1) is 11.8. The molecule has 2 N–H and O–H groups in total. The Morgan fingerprint density at radius 3 is 2.47 bits per heavy atom. The molecule has 0 radical (unpaired) electrons. The fourth-order valence-electron chi connectivity index (χ4n) is 1.90. The Morgan fingerprint density at radius 2 is 1.71 bits per heavy atom. The first-order chi connectivity index (χ1) is 8.38. The monoisotopic (exact) mass is 226 g/mol. The molecule has 0 fully saturated rings. The zero-order valence-corrected chi connectivity index (χ0v) is 9.97. The molecule has 0 saturated carbocycles. The highest BCUT2D eigenvalue weighted by Crippen LogP contribution is 2.07. The molecule has 0 atom stereocenters. The van der Waals surface area contributed by atoms with Crippen LogP contribution >= 0.6 is 0 Å². The molecule has 17 heavy (non-hydrogen) atoms. The van der Waals surface area contributed by atoms with Gasteiger partial charge in [-0.3, -0.25) is 4.98 Å². The predicted molar refractivity (Wildman–Crippen MR) is 70.8 cm³/mol. The largest absolute Gasteiger partial charge is 0.330 e. The second-order valence-electron chi connectivity index (χ2n) is 4.18. The number of pyridine rings is 1. The number of aromatic nitrogens is 1. The van der Waals surface area contributed by atoms with Crippen LogP contribution < -0.4 is 5.73 Å². The number of hydrogen-bond acceptors (Lipinski definition) is 2. The third-order valence-electron chi connectivity index (χ3n) is 2.83. The zero-order chi connectivity index (χ0) is 11.9. The van der Waals surface area contributed by atoms with Crippen LogP contribution in [0.4, 0.5) is 0 Å². The van der Waals surface area contributed by atoms with Gasteiger partial charge in [-0.15, -0.1) is 0 Å². The molecule has 0 bridgehead atoms. The van der Waals surface area contributed by atoms with E-state index in [1.165, 1.54) is 11.1 Å². The van der Waals surface area contributed by atoms with Gasteiger partial charge in [-0.2, -0.15) is 0 Å². The molecular weight excluding hydrogens is 208 g/mol. The summed E-state index contributed by atoms with van der Waals surface area (Å²) in [7, 11) is 0. The lowest BCUT2D eigenvalue weighted by atomic mass is 10.1. The van der Waals surface area contributed by atoms with Gasteiger partial charge in [-0.25, -0.2) is 0 Å². The smallest absolute Gasteiger partial charge is 0.0409 e. The molecule has 0 unspecified atom stereocenters. The fourth-order valence-corrected chi connectivity index (χ4v) is 1.90. The van der Waals surface area contributed by atoms with Gasteiger partial charge in [0.05, 0.1) is 0 Å². The van der Waals surface area contributed by atoms with E-state index in [2.05, 4.69) is 35.3 Å². The van der Waals surface area contributed by atoms with Crippen molar-refractivity contribution in [2.24, 2.45) is 5.73 Å². The predicted octanol–water partition coefficient (Wildman–Crippen LogP) is 2.37. The summed E-state index contributed by atoms with van der Waals surface area (Å²) in [5.41, 5.74) is 9.35. The van der Waals surface area contributed by atoms with Crippen LogP contribution in [0.25, 0.3) is 0 Å². The van der Waals surface area contributed by atoms with Gasteiger partial charge in [-0.1, -0.05) is 30.3 Å². The number of benzene rings is 1. The Bertz CT molecular complexity index is 451. The van der Waals surface area contributed by atoms with E-state index >= 15 is 0 Å².